The molecule has 0 aliphatic rings. The Bertz CT molecular complexity index is 378. The van der Waals surface area contributed by atoms with Gasteiger partial charge in [-0.05, 0) is 30.5 Å². The average molecular weight is 291 g/mol. The average Bonchev–Trinajstić information content (AvgIpc) is 2.36. The Kier molecular flexibility index (Phi) is 6.47. The van der Waals surface area contributed by atoms with Gasteiger partial charge in [0.15, 0.2) is 11.7 Å². The molecular formula is C13H16Cl2O3. The van der Waals surface area contributed by atoms with Crippen molar-refractivity contribution in [2.75, 3.05) is 0 Å². The third-order valence-electron chi connectivity index (χ3n) is 2.44. The topological polar surface area (TPSA) is 46.5 Å². The fourth-order valence-electron chi connectivity index (χ4n) is 1.40. The molecule has 1 aromatic rings. The number of aliphatic hydroxyl groups excluding tert-OH is 1. The second-order valence-electron chi connectivity index (χ2n) is 3.94. The summed E-state index contributed by atoms with van der Waals surface area (Å²) in [6.07, 6.45) is 1.10. The van der Waals surface area contributed by atoms with Gasteiger partial charge in [0.05, 0.1) is 0 Å². The van der Waals surface area contributed by atoms with Crippen LogP contribution in [0.25, 0.3) is 0 Å². The number of carbonyl (C=O) groups excluding carboxylic acids is 1. The van der Waals surface area contributed by atoms with Crippen LogP contribution in [0.5, 0.6) is 0 Å². The van der Waals surface area contributed by atoms with Gasteiger partial charge in [-0.25, -0.2) is 4.79 Å². The maximum absolute atomic E-state index is 11.6. The van der Waals surface area contributed by atoms with Crippen LogP contribution in [-0.4, -0.2) is 16.6 Å². The first-order valence-electron chi connectivity index (χ1n) is 5.82. The minimum atomic E-state index is -1.33. The van der Waals surface area contributed by atoms with Crippen molar-refractivity contribution in [3.05, 3.63) is 34.9 Å². The summed E-state index contributed by atoms with van der Waals surface area (Å²) < 4.78 is 4.94. The standard InChI is InChI=1S/C13H16Cl2O3/c1-2-3-4-11(15)18-13(17)12(16)9-5-7-10(14)8-6-9/h5-8,11-12,16H,2-4H2,1H3/t11?,12-/m0/s1. The number of alkyl halides is 1. The molecule has 0 radical (unpaired) electrons. The number of hydrogen-bond donors (Lipinski definition) is 1. The number of benzene rings is 1. The lowest BCUT2D eigenvalue weighted by Crippen LogP contribution is -2.19. The number of rotatable bonds is 6. The molecule has 0 spiro atoms. The lowest BCUT2D eigenvalue weighted by atomic mass is 10.1. The van der Waals surface area contributed by atoms with E-state index in [1.807, 2.05) is 6.92 Å². The number of unbranched alkanes of at least 4 members (excludes halogenated alkanes) is 1. The Morgan fingerprint density at radius 2 is 2.00 bits per heavy atom. The van der Waals surface area contributed by atoms with E-state index in [9.17, 15) is 9.90 Å². The highest BCUT2D eigenvalue weighted by Crippen LogP contribution is 2.19. The largest absolute Gasteiger partial charge is 0.444 e. The fraction of sp³-hybridized carbons (Fsp3) is 0.462. The van der Waals surface area contributed by atoms with Gasteiger partial charge in [0.25, 0.3) is 0 Å². The molecule has 0 bridgehead atoms. The second-order valence-corrected chi connectivity index (χ2v) is 4.87. The number of aliphatic hydroxyl groups is 1. The van der Waals surface area contributed by atoms with Crippen LogP contribution < -0.4 is 0 Å². The van der Waals surface area contributed by atoms with Crippen molar-refractivity contribution < 1.29 is 14.6 Å². The molecule has 2 atom stereocenters. The van der Waals surface area contributed by atoms with Crippen molar-refractivity contribution in [2.45, 2.75) is 37.9 Å². The van der Waals surface area contributed by atoms with Crippen LogP contribution in [0.3, 0.4) is 0 Å². The van der Waals surface area contributed by atoms with E-state index in [4.69, 9.17) is 27.9 Å². The normalized spacial score (nSPS) is 14.0. The van der Waals surface area contributed by atoms with Crippen molar-refractivity contribution in [3.63, 3.8) is 0 Å². The third kappa shape index (κ3) is 4.84. The Morgan fingerprint density at radius 3 is 2.56 bits per heavy atom. The molecule has 0 aromatic heterocycles. The number of carbonyl (C=O) groups is 1. The summed E-state index contributed by atoms with van der Waals surface area (Å²) in [5, 5.41) is 10.3. The van der Waals surface area contributed by atoms with Gasteiger partial charge in [-0.3, -0.25) is 0 Å². The monoisotopic (exact) mass is 290 g/mol. The van der Waals surface area contributed by atoms with Gasteiger partial charge in [-0.2, -0.15) is 0 Å². The lowest BCUT2D eigenvalue weighted by molar-refractivity contribution is -0.156. The van der Waals surface area contributed by atoms with Gasteiger partial charge in [-0.1, -0.05) is 48.7 Å². The van der Waals surface area contributed by atoms with Crippen molar-refractivity contribution in [1.29, 1.82) is 0 Å². The summed E-state index contributed by atoms with van der Waals surface area (Å²) >= 11 is 11.6. The Hall–Kier alpha value is -0.770. The van der Waals surface area contributed by atoms with Crippen molar-refractivity contribution >= 4 is 29.2 Å². The molecule has 0 heterocycles. The first-order chi connectivity index (χ1) is 8.54. The van der Waals surface area contributed by atoms with E-state index in [-0.39, 0.29) is 0 Å². The molecule has 1 rings (SSSR count). The predicted molar refractivity (Wildman–Crippen MR) is 71.7 cm³/mol. The molecule has 5 heteroatoms. The minimum absolute atomic E-state index is 0.434. The summed E-state index contributed by atoms with van der Waals surface area (Å²) in [5.74, 6) is -0.742. The number of hydrogen-bond acceptors (Lipinski definition) is 3. The van der Waals surface area contributed by atoms with Gasteiger partial charge in [0.1, 0.15) is 0 Å². The van der Waals surface area contributed by atoms with Crippen LogP contribution in [0.15, 0.2) is 24.3 Å². The van der Waals surface area contributed by atoms with Crippen LogP contribution in [0.4, 0.5) is 0 Å². The molecule has 0 aliphatic heterocycles. The lowest BCUT2D eigenvalue weighted by Gasteiger charge is -2.14. The quantitative estimate of drug-likeness (QED) is 0.642. The highest BCUT2D eigenvalue weighted by Gasteiger charge is 2.21. The molecule has 0 aliphatic carbocycles. The maximum atomic E-state index is 11.6. The number of halogens is 2. The van der Waals surface area contributed by atoms with Gasteiger partial charge < -0.3 is 9.84 Å². The van der Waals surface area contributed by atoms with Gasteiger partial charge in [0, 0.05) is 5.02 Å². The van der Waals surface area contributed by atoms with Gasteiger partial charge >= 0.3 is 5.97 Å². The van der Waals surface area contributed by atoms with Crippen LogP contribution in [0, 0.1) is 0 Å². The Labute approximate surface area is 117 Å². The molecule has 0 saturated heterocycles. The predicted octanol–water partition coefficient (Wildman–Crippen LogP) is 3.67. The first-order valence-corrected chi connectivity index (χ1v) is 6.64. The Morgan fingerprint density at radius 1 is 1.39 bits per heavy atom. The number of ether oxygens (including phenoxy) is 1. The Balaban J connectivity index is 2.53. The minimum Gasteiger partial charge on any atom is -0.444 e. The third-order valence-corrected chi connectivity index (χ3v) is 3.00. The maximum Gasteiger partial charge on any atom is 0.341 e. The molecule has 1 aromatic carbocycles. The summed E-state index contributed by atoms with van der Waals surface area (Å²) in [4.78, 5) is 11.6. The van der Waals surface area contributed by atoms with Crippen LogP contribution in [-0.2, 0) is 9.53 Å². The van der Waals surface area contributed by atoms with E-state index in [1.165, 1.54) is 0 Å². The van der Waals surface area contributed by atoms with E-state index in [1.54, 1.807) is 24.3 Å². The molecule has 100 valence electrons. The summed E-state index contributed by atoms with van der Waals surface area (Å²) in [5.41, 5.74) is -0.261. The molecule has 0 amide bonds. The SMILES string of the molecule is CCCCC(Cl)OC(=O)[C@@H](O)c1ccc(Cl)cc1. The van der Waals surface area contributed by atoms with E-state index in [0.717, 1.165) is 12.8 Å². The van der Waals surface area contributed by atoms with E-state index in [2.05, 4.69) is 0 Å². The van der Waals surface area contributed by atoms with Gasteiger partial charge in [-0.15, -0.1) is 0 Å². The smallest absolute Gasteiger partial charge is 0.341 e. The molecule has 1 N–H and O–H groups in total. The molecule has 1 unspecified atom stereocenters. The van der Waals surface area contributed by atoms with Crippen molar-refractivity contribution in [3.8, 4) is 0 Å². The fourth-order valence-corrected chi connectivity index (χ4v) is 1.76. The second kappa shape index (κ2) is 7.62. The van der Waals surface area contributed by atoms with Crippen LogP contribution in [0.2, 0.25) is 5.02 Å². The molecule has 0 fully saturated rings. The molecule has 3 nitrogen and oxygen atoms in total. The summed E-state index contributed by atoms with van der Waals surface area (Å²) in [6.45, 7) is 2.02. The summed E-state index contributed by atoms with van der Waals surface area (Å²) in [6, 6.07) is 6.35. The zero-order valence-electron chi connectivity index (χ0n) is 10.1. The highest BCUT2D eigenvalue weighted by atomic mass is 35.5. The van der Waals surface area contributed by atoms with E-state index < -0.39 is 17.6 Å². The molecular weight excluding hydrogens is 275 g/mol. The van der Waals surface area contributed by atoms with Gasteiger partial charge in [0.2, 0.25) is 0 Å². The highest BCUT2D eigenvalue weighted by molar-refractivity contribution is 6.30. The molecule has 18 heavy (non-hydrogen) atoms. The van der Waals surface area contributed by atoms with Crippen molar-refractivity contribution in [2.24, 2.45) is 0 Å². The van der Waals surface area contributed by atoms with Crippen LogP contribution >= 0.6 is 23.2 Å². The van der Waals surface area contributed by atoms with E-state index >= 15 is 0 Å². The zero-order valence-corrected chi connectivity index (χ0v) is 11.6. The summed E-state index contributed by atoms with van der Waals surface area (Å²) in [7, 11) is 0. The van der Waals surface area contributed by atoms with Crippen LogP contribution in [0.1, 0.15) is 37.9 Å². The first kappa shape index (κ1) is 15.3. The van der Waals surface area contributed by atoms with Crippen molar-refractivity contribution in [1.82, 2.24) is 0 Å². The van der Waals surface area contributed by atoms with E-state index in [0.29, 0.717) is 17.0 Å². The molecule has 0 saturated carbocycles. The number of esters is 1. The zero-order chi connectivity index (χ0) is 13.5.